The Balaban J connectivity index is 1.50. The zero-order valence-electron chi connectivity index (χ0n) is 15.7. The van der Waals surface area contributed by atoms with E-state index in [1.165, 1.54) is 0 Å². The van der Waals surface area contributed by atoms with Gasteiger partial charge in [-0.15, -0.1) is 0 Å². The average molecular weight is 367 g/mol. The molecule has 0 unspecified atom stereocenters. The fourth-order valence-corrected chi connectivity index (χ4v) is 2.87. The summed E-state index contributed by atoms with van der Waals surface area (Å²) >= 11 is 0. The summed E-state index contributed by atoms with van der Waals surface area (Å²) in [5.41, 5.74) is 3.34. The minimum atomic E-state index is -0.202. The highest BCUT2D eigenvalue weighted by Crippen LogP contribution is 2.24. The van der Waals surface area contributed by atoms with Crippen LogP contribution in [0.1, 0.15) is 16.8 Å². The first-order valence-electron chi connectivity index (χ1n) is 8.97. The highest BCUT2D eigenvalue weighted by molar-refractivity contribution is 5.95. The van der Waals surface area contributed by atoms with E-state index in [9.17, 15) is 9.59 Å². The number of fused-ring (bicyclic) bond motifs is 1. The summed E-state index contributed by atoms with van der Waals surface area (Å²) in [5, 5.41) is 8.78. The smallest absolute Gasteiger partial charge is 0.326 e. The topological polar surface area (TPSA) is 76.7 Å². The number of amides is 3. The molecule has 1 aromatic rings. The van der Waals surface area contributed by atoms with Gasteiger partial charge in [-0.1, -0.05) is 0 Å². The van der Waals surface area contributed by atoms with Crippen molar-refractivity contribution in [1.82, 2.24) is 20.4 Å². The van der Waals surface area contributed by atoms with Crippen LogP contribution in [0.4, 0.5) is 10.5 Å². The molecule has 0 spiro atoms. The Hall–Kier alpha value is -3.06. The third-order valence-electron chi connectivity index (χ3n) is 4.35. The summed E-state index contributed by atoms with van der Waals surface area (Å²) in [7, 11) is 4.01. The van der Waals surface area contributed by atoms with Crippen molar-refractivity contribution in [2.75, 3.05) is 39.0 Å². The lowest BCUT2D eigenvalue weighted by atomic mass is 10.1. The molecular weight excluding hydrogens is 342 g/mol. The third kappa shape index (κ3) is 4.98. The summed E-state index contributed by atoms with van der Waals surface area (Å²) < 4.78 is 0. The number of nitrogens with zero attached hydrogens (tertiary/aromatic N) is 2. The van der Waals surface area contributed by atoms with Gasteiger partial charge in [-0.2, -0.15) is 0 Å². The van der Waals surface area contributed by atoms with Crippen molar-refractivity contribution < 1.29 is 9.59 Å². The first-order valence-corrected chi connectivity index (χ1v) is 8.97. The third-order valence-corrected chi connectivity index (χ3v) is 4.35. The number of allylic oxidation sites excluding steroid dienone is 1. The summed E-state index contributed by atoms with van der Waals surface area (Å²) in [6.45, 7) is 2.10. The molecule has 0 atom stereocenters. The average Bonchev–Trinajstić information content (AvgIpc) is 3.10. The van der Waals surface area contributed by atoms with E-state index in [0.717, 1.165) is 24.1 Å². The lowest BCUT2D eigenvalue weighted by molar-refractivity contribution is 0.0952. The van der Waals surface area contributed by atoms with Gasteiger partial charge in [-0.05, 0) is 68.5 Å². The molecule has 3 amide bonds. The molecule has 0 radical (unpaired) electrons. The molecule has 0 fully saturated rings. The Morgan fingerprint density at radius 1 is 1.22 bits per heavy atom. The van der Waals surface area contributed by atoms with Gasteiger partial charge < -0.3 is 20.9 Å². The largest absolute Gasteiger partial charge is 0.367 e. The first kappa shape index (κ1) is 18.7. The summed E-state index contributed by atoms with van der Waals surface area (Å²) in [5.74, 6) is -0.105. The number of benzene rings is 1. The molecule has 3 rings (SSSR count). The number of dihydropyridines is 1. The van der Waals surface area contributed by atoms with Crippen LogP contribution in [0.3, 0.4) is 0 Å². The van der Waals surface area contributed by atoms with Crippen LogP contribution in [0, 0.1) is 0 Å². The van der Waals surface area contributed by atoms with Crippen molar-refractivity contribution in [2.24, 2.45) is 0 Å². The Bertz CT molecular complexity index is 793. The number of rotatable bonds is 6. The van der Waals surface area contributed by atoms with E-state index >= 15 is 0 Å². The maximum Gasteiger partial charge on any atom is 0.326 e. The number of hydrogen-bond donors (Lipinski definition) is 3. The molecule has 27 heavy (non-hydrogen) atoms. The van der Waals surface area contributed by atoms with Gasteiger partial charge >= 0.3 is 6.03 Å². The molecule has 2 aliphatic rings. The second-order valence-corrected chi connectivity index (χ2v) is 6.80. The first-order chi connectivity index (χ1) is 13.0. The molecule has 0 aliphatic carbocycles. The van der Waals surface area contributed by atoms with Gasteiger partial charge in [0.05, 0.1) is 6.54 Å². The quantitative estimate of drug-likeness (QED) is 0.673. The zero-order valence-corrected chi connectivity index (χ0v) is 15.7. The van der Waals surface area contributed by atoms with E-state index in [2.05, 4.69) is 20.9 Å². The molecule has 7 nitrogen and oxygen atoms in total. The van der Waals surface area contributed by atoms with Crippen LogP contribution in [-0.4, -0.2) is 55.5 Å². The van der Waals surface area contributed by atoms with E-state index in [1.54, 1.807) is 29.2 Å². The fourth-order valence-electron chi connectivity index (χ4n) is 2.87. The molecule has 0 aromatic heterocycles. The van der Waals surface area contributed by atoms with E-state index in [0.29, 0.717) is 24.3 Å². The van der Waals surface area contributed by atoms with Crippen molar-refractivity contribution in [3.8, 4) is 0 Å². The maximum atomic E-state index is 12.4. The minimum absolute atomic E-state index is 0.105. The maximum absolute atomic E-state index is 12.4. The molecule has 0 bridgehead atoms. The molecule has 0 saturated heterocycles. The number of nitrogens with one attached hydrogen (secondary N) is 3. The van der Waals surface area contributed by atoms with E-state index in [4.69, 9.17) is 0 Å². The highest BCUT2D eigenvalue weighted by Gasteiger charge is 2.22. The van der Waals surface area contributed by atoms with Crippen LogP contribution in [0.5, 0.6) is 0 Å². The SMILES string of the molecule is CN(C)CCCNC(=O)c1ccc(NC(=O)N2C=C3C=CNC=C3C2)cc1. The molecule has 142 valence electrons. The van der Waals surface area contributed by atoms with Crippen LogP contribution in [-0.2, 0) is 0 Å². The Morgan fingerprint density at radius 2 is 2.00 bits per heavy atom. The van der Waals surface area contributed by atoms with Crippen LogP contribution >= 0.6 is 0 Å². The molecular formula is C20H25N5O2. The van der Waals surface area contributed by atoms with Crippen LogP contribution in [0.25, 0.3) is 0 Å². The number of hydrogen-bond acceptors (Lipinski definition) is 4. The van der Waals surface area contributed by atoms with Crippen molar-refractivity contribution in [2.45, 2.75) is 6.42 Å². The van der Waals surface area contributed by atoms with Gasteiger partial charge in [0.15, 0.2) is 0 Å². The number of anilines is 1. The van der Waals surface area contributed by atoms with Gasteiger partial charge in [0.1, 0.15) is 0 Å². The number of carbonyl (C=O) groups is 2. The fraction of sp³-hybridized carbons (Fsp3) is 0.300. The molecule has 1 aromatic carbocycles. The van der Waals surface area contributed by atoms with Gasteiger partial charge in [0, 0.05) is 36.4 Å². The van der Waals surface area contributed by atoms with E-state index in [-0.39, 0.29) is 11.9 Å². The van der Waals surface area contributed by atoms with Gasteiger partial charge in [0.2, 0.25) is 0 Å². The number of carbonyl (C=O) groups excluding carboxylic acids is 2. The van der Waals surface area contributed by atoms with Crippen LogP contribution < -0.4 is 16.0 Å². The lowest BCUT2D eigenvalue weighted by Gasteiger charge is -2.15. The second-order valence-electron chi connectivity index (χ2n) is 6.80. The predicted octanol–water partition coefficient (Wildman–Crippen LogP) is 2.10. The lowest BCUT2D eigenvalue weighted by Crippen LogP contribution is -2.29. The highest BCUT2D eigenvalue weighted by atomic mass is 16.2. The second kappa shape index (κ2) is 8.55. The van der Waals surface area contributed by atoms with Crippen LogP contribution in [0.2, 0.25) is 0 Å². The van der Waals surface area contributed by atoms with Gasteiger partial charge in [-0.3, -0.25) is 9.69 Å². The van der Waals surface area contributed by atoms with Crippen molar-refractivity contribution in [3.05, 3.63) is 65.7 Å². The summed E-state index contributed by atoms with van der Waals surface area (Å²) in [6.07, 6.45) is 8.40. The van der Waals surface area contributed by atoms with Gasteiger partial charge in [0.25, 0.3) is 5.91 Å². The standard InChI is InChI=1S/C20H25N5O2/c1-24(2)11-3-9-22-19(26)15-4-6-18(7-5-15)23-20(27)25-13-16-8-10-21-12-17(16)14-25/h4-8,10,12-13,21H,3,9,11,14H2,1-2H3,(H,22,26)(H,23,27). The van der Waals surface area contributed by atoms with Crippen LogP contribution in [0.15, 0.2) is 60.1 Å². The van der Waals surface area contributed by atoms with Crippen molar-refractivity contribution >= 4 is 17.6 Å². The molecule has 2 aliphatic heterocycles. The summed E-state index contributed by atoms with van der Waals surface area (Å²) in [6, 6.07) is 6.71. The molecule has 7 heteroatoms. The molecule has 3 N–H and O–H groups in total. The summed E-state index contributed by atoms with van der Waals surface area (Å²) in [4.78, 5) is 28.3. The Labute approximate surface area is 159 Å². The van der Waals surface area contributed by atoms with Crippen molar-refractivity contribution in [3.63, 3.8) is 0 Å². The predicted molar refractivity (Wildman–Crippen MR) is 106 cm³/mol. The van der Waals surface area contributed by atoms with Crippen molar-refractivity contribution in [1.29, 1.82) is 0 Å². The number of urea groups is 1. The van der Waals surface area contributed by atoms with Gasteiger partial charge in [-0.25, -0.2) is 4.79 Å². The minimum Gasteiger partial charge on any atom is -0.367 e. The molecule has 2 heterocycles. The zero-order chi connectivity index (χ0) is 19.2. The van der Waals surface area contributed by atoms with E-state index < -0.39 is 0 Å². The monoisotopic (exact) mass is 367 g/mol. The Kier molecular flexibility index (Phi) is 5.93. The normalized spacial score (nSPS) is 15.0. The Morgan fingerprint density at radius 3 is 2.70 bits per heavy atom. The van der Waals surface area contributed by atoms with E-state index in [1.807, 2.05) is 38.8 Å². The molecule has 0 saturated carbocycles.